The van der Waals surface area contributed by atoms with Crippen LogP contribution in [-0.2, 0) is 9.59 Å². The van der Waals surface area contributed by atoms with Crippen LogP contribution in [0.1, 0.15) is 54.8 Å². The van der Waals surface area contributed by atoms with E-state index in [-0.39, 0.29) is 17.6 Å². The van der Waals surface area contributed by atoms with Crippen molar-refractivity contribution in [3.8, 4) is 0 Å². The minimum absolute atomic E-state index is 0.0126. The Hall–Kier alpha value is -3.18. The van der Waals surface area contributed by atoms with E-state index in [9.17, 15) is 9.59 Å². The number of anilines is 2. The number of para-hydroxylation sites is 2. The Kier molecular flexibility index (Phi) is 6.13. The fourth-order valence-electron chi connectivity index (χ4n) is 5.10. The Balaban J connectivity index is 1.70. The van der Waals surface area contributed by atoms with Gasteiger partial charge < -0.3 is 5.32 Å². The Morgan fingerprint density at radius 1 is 1.00 bits per heavy atom. The van der Waals surface area contributed by atoms with Gasteiger partial charge in [0.25, 0.3) is 0 Å². The normalized spacial score (nSPS) is 19.7. The highest BCUT2D eigenvalue weighted by Crippen LogP contribution is 2.47. The Labute approximate surface area is 208 Å². The van der Waals surface area contributed by atoms with Crippen LogP contribution in [-0.4, -0.2) is 11.7 Å². The van der Waals surface area contributed by atoms with Crippen LogP contribution in [0.2, 0.25) is 0 Å². The third-order valence-electron chi connectivity index (χ3n) is 6.77. The van der Waals surface area contributed by atoms with Crippen LogP contribution in [0.5, 0.6) is 0 Å². The summed E-state index contributed by atoms with van der Waals surface area (Å²) in [5.74, 6) is 0.176. The van der Waals surface area contributed by atoms with Crippen LogP contribution in [0.4, 0.5) is 11.4 Å². The molecule has 0 fully saturated rings. The number of ketones is 1. The fourth-order valence-corrected chi connectivity index (χ4v) is 5.52. The molecule has 172 valence electrons. The number of carbonyl (C=O) groups is 2. The van der Waals surface area contributed by atoms with E-state index in [2.05, 4.69) is 52.4 Å². The highest BCUT2D eigenvalue weighted by molar-refractivity contribution is 9.10. The molecule has 2 aliphatic rings. The molecule has 3 aromatic rings. The zero-order valence-corrected chi connectivity index (χ0v) is 20.9. The zero-order valence-electron chi connectivity index (χ0n) is 19.3. The molecule has 3 aromatic carbocycles. The van der Waals surface area contributed by atoms with Crippen molar-refractivity contribution in [2.45, 2.75) is 45.1 Å². The van der Waals surface area contributed by atoms with Crippen LogP contribution < -0.4 is 10.2 Å². The molecule has 0 saturated carbocycles. The van der Waals surface area contributed by atoms with E-state index in [0.717, 1.165) is 33.5 Å². The van der Waals surface area contributed by atoms with Gasteiger partial charge in [0.1, 0.15) is 0 Å². The number of fused-ring (bicyclic) bond motifs is 1. The van der Waals surface area contributed by atoms with Gasteiger partial charge in [0.05, 0.1) is 17.4 Å². The van der Waals surface area contributed by atoms with E-state index < -0.39 is 6.04 Å². The average molecular weight is 515 g/mol. The van der Waals surface area contributed by atoms with Crippen molar-refractivity contribution in [2.75, 3.05) is 10.2 Å². The number of benzene rings is 3. The number of carbonyl (C=O) groups excluding carboxylic acids is 2. The van der Waals surface area contributed by atoms with Crippen molar-refractivity contribution in [1.82, 2.24) is 0 Å². The second-order valence-electron chi connectivity index (χ2n) is 9.05. The van der Waals surface area contributed by atoms with Crippen molar-refractivity contribution in [1.29, 1.82) is 0 Å². The van der Waals surface area contributed by atoms with Crippen LogP contribution >= 0.6 is 15.9 Å². The summed E-state index contributed by atoms with van der Waals surface area (Å²) in [7, 11) is 0. The topological polar surface area (TPSA) is 49.4 Å². The van der Waals surface area contributed by atoms with Crippen molar-refractivity contribution in [3.05, 3.63) is 105 Å². The van der Waals surface area contributed by atoms with Crippen molar-refractivity contribution < 1.29 is 9.59 Å². The van der Waals surface area contributed by atoms with E-state index in [4.69, 9.17) is 0 Å². The summed E-state index contributed by atoms with van der Waals surface area (Å²) in [6, 6.07) is 23.8. The number of nitrogens with one attached hydrogen (secondary N) is 1. The molecule has 0 bridgehead atoms. The van der Waals surface area contributed by atoms with Crippen LogP contribution in [0.15, 0.2) is 88.5 Å². The molecule has 0 saturated heterocycles. The van der Waals surface area contributed by atoms with E-state index in [1.165, 1.54) is 11.1 Å². The lowest BCUT2D eigenvalue weighted by molar-refractivity contribution is -0.119. The molecule has 1 aliphatic carbocycles. The fraction of sp³-hybridized carbons (Fsp3) is 0.241. The summed E-state index contributed by atoms with van der Waals surface area (Å²) in [6.07, 6.45) is 1.50. The van der Waals surface area contributed by atoms with Gasteiger partial charge in [-0.2, -0.15) is 0 Å². The Bertz CT molecular complexity index is 1300. The molecule has 4 nitrogen and oxygen atoms in total. The quantitative estimate of drug-likeness (QED) is 0.406. The molecule has 0 unspecified atom stereocenters. The number of halogens is 1. The maximum atomic E-state index is 13.9. The maximum Gasteiger partial charge on any atom is 0.227 e. The summed E-state index contributed by atoms with van der Waals surface area (Å²) in [4.78, 5) is 29.1. The smallest absolute Gasteiger partial charge is 0.227 e. The largest absolute Gasteiger partial charge is 0.357 e. The molecule has 2 atom stereocenters. The number of Topliss-reactive ketones (excluding diaryl/α,β-unsaturated/α-hetero) is 1. The lowest BCUT2D eigenvalue weighted by Gasteiger charge is -2.35. The summed E-state index contributed by atoms with van der Waals surface area (Å²) >= 11 is 3.58. The Morgan fingerprint density at radius 3 is 2.50 bits per heavy atom. The summed E-state index contributed by atoms with van der Waals surface area (Å²) < 4.78 is 0.919. The van der Waals surface area contributed by atoms with Crippen molar-refractivity contribution in [2.24, 2.45) is 0 Å². The SMILES string of the molecule is CCC(=O)N1c2ccccc2NC2=C(C(=O)C[C@H](c3ccc(C)cc3)C2)[C@H]1c1cccc(Br)c1. The van der Waals surface area contributed by atoms with Crippen molar-refractivity contribution >= 4 is 39.0 Å². The van der Waals surface area contributed by atoms with Gasteiger partial charge in [-0.3, -0.25) is 14.5 Å². The van der Waals surface area contributed by atoms with Gasteiger partial charge in [0, 0.05) is 28.6 Å². The summed E-state index contributed by atoms with van der Waals surface area (Å²) in [5, 5.41) is 3.58. The molecule has 1 amide bonds. The van der Waals surface area contributed by atoms with Crippen LogP contribution in [0.25, 0.3) is 0 Å². The number of hydrogen-bond donors (Lipinski definition) is 1. The van der Waals surface area contributed by atoms with Crippen LogP contribution in [0.3, 0.4) is 0 Å². The minimum atomic E-state index is -0.484. The number of amides is 1. The first-order chi connectivity index (χ1) is 16.5. The first kappa shape index (κ1) is 22.6. The van der Waals surface area contributed by atoms with Gasteiger partial charge >= 0.3 is 0 Å². The number of aryl methyl sites for hydroxylation is 1. The standard InChI is InChI=1S/C29H27BrN2O2/c1-3-27(34)32-25-10-5-4-9-23(25)31-24-16-21(19-13-11-18(2)12-14-19)17-26(33)28(24)29(32)20-7-6-8-22(30)15-20/h4-15,21,29,31H,3,16-17H2,1-2H3/t21-,29-/m1/s1. The van der Waals surface area contributed by atoms with Crippen molar-refractivity contribution in [3.63, 3.8) is 0 Å². The summed E-state index contributed by atoms with van der Waals surface area (Å²) in [6.45, 7) is 3.94. The lowest BCUT2D eigenvalue weighted by Crippen LogP contribution is -2.38. The first-order valence-electron chi connectivity index (χ1n) is 11.7. The molecular weight excluding hydrogens is 488 g/mol. The van der Waals surface area contributed by atoms with Gasteiger partial charge in [0.2, 0.25) is 5.91 Å². The van der Waals surface area contributed by atoms with E-state index in [0.29, 0.717) is 18.4 Å². The van der Waals surface area contributed by atoms with E-state index in [1.54, 1.807) is 0 Å². The Morgan fingerprint density at radius 2 is 1.76 bits per heavy atom. The molecule has 5 rings (SSSR count). The number of rotatable bonds is 3. The molecule has 1 heterocycles. The number of hydrogen-bond acceptors (Lipinski definition) is 3. The third kappa shape index (κ3) is 4.09. The van der Waals surface area contributed by atoms with Gasteiger partial charge in [0.15, 0.2) is 5.78 Å². The van der Waals surface area contributed by atoms with Gasteiger partial charge in [-0.25, -0.2) is 0 Å². The van der Waals surface area contributed by atoms with Gasteiger partial charge in [-0.05, 0) is 54.7 Å². The monoisotopic (exact) mass is 514 g/mol. The highest BCUT2D eigenvalue weighted by Gasteiger charge is 2.41. The number of allylic oxidation sites excluding steroid dienone is 1. The first-order valence-corrected chi connectivity index (χ1v) is 12.5. The lowest BCUT2D eigenvalue weighted by atomic mass is 9.78. The second-order valence-corrected chi connectivity index (χ2v) is 9.96. The molecule has 1 N–H and O–H groups in total. The van der Waals surface area contributed by atoms with Crippen LogP contribution in [0, 0.1) is 6.92 Å². The molecule has 0 aromatic heterocycles. The summed E-state index contributed by atoms with van der Waals surface area (Å²) in [5.41, 5.74) is 6.55. The molecule has 1 aliphatic heterocycles. The molecule has 5 heteroatoms. The minimum Gasteiger partial charge on any atom is -0.357 e. The molecule has 0 spiro atoms. The van der Waals surface area contributed by atoms with Gasteiger partial charge in [-0.1, -0.05) is 76.9 Å². The highest BCUT2D eigenvalue weighted by atomic mass is 79.9. The average Bonchev–Trinajstić information content (AvgIpc) is 2.98. The second kappa shape index (κ2) is 9.22. The predicted octanol–water partition coefficient (Wildman–Crippen LogP) is 7.07. The molecule has 34 heavy (non-hydrogen) atoms. The molecular formula is C29H27BrN2O2. The predicted molar refractivity (Wildman–Crippen MR) is 140 cm³/mol. The zero-order chi connectivity index (χ0) is 23.8. The molecule has 0 radical (unpaired) electrons. The number of nitrogens with zero attached hydrogens (tertiary/aromatic N) is 1. The van der Waals surface area contributed by atoms with E-state index in [1.807, 2.05) is 60.4 Å². The third-order valence-corrected chi connectivity index (χ3v) is 7.27. The van der Waals surface area contributed by atoms with E-state index >= 15 is 0 Å². The maximum absolute atomic E-state index is 13.9. The van der Waals surface area contributed by atoms with Gasteiger partial charge in [-0.15, -0.1) is 0 Å².